The van der Waals surface area contributed by atoms with Crippen molar-refractivity contribution in [3.8, 4) is 16.9 Å². The normalized spacial score (nSPS) is 10.5. The highest BCUT2D eigenvalue weighted by Crippen LogP contribution is 2.26. The fourth-order valence-corrected chi connectivity index (χ4v) is 2.56. The third-order valence-electron chi connectivity index (χ3n) is 3.71. The van der Waals surface area contributed by atoms with Gasteiger partial charge in [-0.15, -0.1) is 0 Å². The Morgan fingerprint density at radius 1 is 0.792 bits per heavy atom. The van der Waals surface area contributed by atoms with E-state index in [1.54, 1.807) is 6.20 Å². The number of hydrogen-bond donors (Lipinski definition) is 1. The van der Waals surface area contributed by atoms with Gasteiger partial charge in [0.1, 0.15) is 5.82 Å². The molecule has 0 aliphatic heterocycles. The van der Waals surface area contributed by atoms with Crippen molar-refractivity contribution in [2.75, 3.05) is 5.32 Å². The van der Waals surface area contributed by atoms with Crippen molar-refractivity contribution in [3.05, 3.63) is 91.3 Å². The Morgan fingerprint density at radius 2 is 1.54 bits per heavy atom. The standard InChI is InChI=1S/C20H16N4/c1-3-9-17(10-4-1)22-20-14-19(16-8-7-13-21-15-16)23-24(20)18-11-5-2-6-12-18/h1-15,22H. The van der Waals surface area contributed by atoms with E-state index in [1.807, 2.05) is 89.7 Å². The third-order valence-corrected chi connectivity index (χ3v) is 3.71. The topological polar surface area (TPSA) is 42.7 Å². The molecule has 0 spiro atoms. The number of hydrogen-bond acceptors (Lipinski definition) is 3. The molecule has 0 aliphatic rings. The Balaban J connectivity index is 1.80. The van der Waals surface area contributed by atoms with Crippen LogP contribution in [0.4, 0.5) is 11.5 Å². The van der Waals surface area contributed by atoms with Crippen LogP contribution >= 0.6 is 0 Å². The summed E-state index contributed by atoms with van der Waals surface area (Å²) in [6.45, 7) is 0. The van der Waals surface area contributed by atoms with Gasteiger partial charge in [0.05, 0.1) is 11.4 Å². The monoisotopic (exact) mass is 312 g/mol. The molecule has 4 aromatic rings. The SMILES string of the molecule is c1ccc(Nc2cc(-c3cccnc3)nn2-c2ccccc2)cc1. The van der Waals surface area contributed by atoms with Crippen molar-refractivity contribution in [2.45, 2.75) is 0 Å². The van der Waals surface area contributed by atoms with Crippen molar-refractivity contribution in [1.29, 1.82) is 0 Å². The van der Waals surface area contributed by atoms with Gasteiger partial charge in [-0.05, 0) is 36.4 Å². The van der Waals surface area contributed by atoms with E-state index < -0.39 is 0 Å². The first kappa shape index (κ1) is 14.2. The predicted octanol–water partition coefficient (Wildman–Crippen LogP) is 4.68. The lowest BCUT2D eigenvalue weighted by atomic mass is 10.2. The maximum absolute atomic E-state index is 4.76. The minimum atomic E-state index is 0.880. The molecular weight excluding hydrogens is 296 g/mol. The molecule has 0 aliphatic carbocycles. The summed E-state index contributed by atoms with van der Waals surface area (Å²) < 4.78 is 1.91. The molecule has 0 atom stereocenters. The molecule has 1 N–H and O–H groups in total. The molecule has 4 rings (SSSR count). The smallest absolute Gasteiger partial charge is 0.134 e. The van der Waals surface area contributed by atoms with Gasteiger partial charge in [-0.25, -0.2) is 4.68 Å². The lowest BCUT2D eigenvalue weighted by molar-refractivity contribution is 0.891. The average Bonchev–Trinajstić information content (AvgIpc) is 3.08. The number of nitrogens with zero attached hydrogens (tertiary/aromatic N) is 3. The average molecular weight is 312 g/mol. The maximum Gasteiger partial charge on any atom is 0.134 e. The van der Waals surface area contributed by atoms with Gasteiger partial charge in [-0.3, -0.25) is 4.98 Å². The highest BCUT2D eigenvalue weighted by atomic mass is 15.3. The van der Waals surface area contributed by atoms with E-state index in [1.165, 1.54) is 0 Å². The van der Waals surface area contributed by atoms with E-state index in [2.05, 4.69) is 10.3 Å². The van der Waals surface area contributed by atoms with E-state index >= 15 is 0 Å². The van der Waals surface area contributed by atoms with Gasteiger partial charge in [-0.1, -0.05) is 36.4 Å². The maximum atomic E-state index is 4.76. The lowest BCUT2D eigenvalue weighted by Gasteiger charge is -2.09. The molecule has 0 unspecified atom stereocenters. The second kappa shape index (κ2) is 6.38. The second-order valence-electron chi connectivity index (χ2n) is 5.39. The molecule has 2 heterocycles. The zero-order valence-electron chi connectivity index (χ0n) is 13.0. The Kier molecular flexibility index (Phi) is 3.78. The summed E-state index contributed by atoms with van der Waals surface area (Å²) in [5.74, 6) is 0.909. The Hall–Kier alpha value is -3.40. The van der Waals surface area contributed by atoms with Crippen LogP contribution in [0.15, 0.2) is 91.3 Å². The van der Waals surface area contributed by atoms with Crippen LogP contribution in [0.25, 0.3) is 16.9 Å². The first-order valence-corrected chi connectivity index (χ1v) is 7.78. The Morgan fingerprint density at radius 3 is 2.25 bits per heavy atom. The molecule has 0 saturated carbocycles. The van der Waals surface area contributed by atoms with Gasteiger partial charge in [0.25, 0.3) is 0 Å². The Labute approximate surface area is 140 Å². The van der Waals surface area contributed by atoms with Gasteiger partial charge in [0.15, 0.2) is 0 Å². The van der Waals surface area contributed by atoms with E-state index in [4.69, 9.17) is 5.10 Å². The zero-order valence-corrected chi connectivity index (χ0v) is 13.0. The van der Waals surface area contributed by atoms with Crippen LogP contribution in [-0.4, -0.2) is 14.8 Å². The number of rotatable bonds is 4. The van der Waals surface area contributed by atoms with Crippen molar-refractivity contribution < 1.29 is 0 Å². The van der Waals surface area contributed by atoms with Crippen molar-refractivity contribution in [2.24, 2.45) is 0 Å². The summed E-state index contributed by atoms with van der Waals surface area (Å²) in [6, 6.07) is 26.1. The number of aromatic nitrogens is 3. The number of anilines is 2. The minimum absolute atomic E-state index is 0.880. The number of benzene rings is 2. The van der Waals surface area contributed by atoms with Crippen LogP contribution in [0.2, 0.25) is 0 Å². The number of pyridine rings is 1. The predicted molar refractivity (Wildman–Crippen MR) is 96.5 cm³/mol. The van der Waals surface area contributed by atoms with Gasteiger partial charge < -0.3 is 5.32 Å². The Bertz CT molecular complexity index is 916. The van der Waals surface area contributed by atoms with Crippen molar-refractivity contribution >= 4 is 11.5 Å². The number of nitrogens with one attached hydrogen (secondary N) is 1. The van der Waals surface area contributed by atoms with E-state index in [0.717, 1.165) is 28.5 Å². The summed E-state index contributed by atoms with van der Waals surface area (Å²) in [5.41, 5.74) is 3.90. The highest BCUT2D eigenvalue weighted by Gasteiger charge is 2.11. The molecule has 0 fully saturated rings. The molecule has 0 amide bonds. The quantitative estimate of drug-likeness (QED) is 0.595. The molecule has 2 aromatic heterocycles. The van der Waals surface area contributed by atoms with Crippen molar-refractivity contribution in [1.82, 2.24) is 14.8 Å². The van der Waals surface area contributed by atoms with Crippen LogP contribution in [0, 0.1) is 0 Å². The summed E-state index contributed by atoms with van der Waals surface area (Å²) in [6.07, 6.45) is 3.59. The molecular formula is C20H16N4. The van der Waals surface area contributed by atoms with Crippen LogP contribution in [-0.2, 0) is 0 Å². The molecule has 4 nitrogen and oxygen atoms in total. The molecule has 0 radical (unpaired) electrons. The van der Waals surface area contributed by atoms with E-state index in [9.17, 15) is 0 Å². The lowest BCUT2D eigenvalue weighted by Crippen LogP contribution is -2.02. The van der Waals surface area contributed by atoms with Crippen LogP contribution < -0.4 is 5.32 Å². The first-order valence-electron chi connectivity index (χ1n) is 7.78. The molecule has 2 aromatic carbocycles. The first-order chi connectivity index (χ1) is 11.9. The molecule has 0 bridgehead atoms. The summed E-state index contributed by atoms with van der Waals surface area (Å²) in [7, 11) is 0. The number of para-hydroxylation sites is 2. The largest absolute Gasteiger partial charge is 0.340 e. The van der Waals surface area contributed by atoms with Crippen molar-refractivity contribution in [3.63, 3.8) is 0 Å². The molecule has 0 saturated heterocycles. The molecule has 116 valence electrons. The summed E-state index contributed by atoms with van der Waals surface area (Å²) >= 11 is 0. The van der Waals surface area contributed by atoms with Gasteiger partial charge in [0, 0.05) is 29.7 Å². The minimum Gasteiger partial charge on any atom is -0.340 e. The summed E-state index contributed by atoms with van der Waals surface area (Å²) in [4.78, 5) is 4.19. The highest BCUT2D eigenvalue weighted by molar-refractivity contribution is 5.67. The van der Waals surface area contributed by atoms with Crippen LogP contribution in [0.1, 0.15) is 0 Å². The van der Waals surface area contributed by atoms with E-state index in [0.29, 0.717) is 0 Å². The summed E-state index contributed by atoms with van der Waals surface area (Å²) in [5, 5.41) is 8.20. The fraction of sp³-hybridized carbons (Fsp3) is 0. The third kappa shape index (κ3) is 2.90. The van der Waals surface area contributed by atoms with Gasteiger partial charge in [-0.2, -0.15) is 5.10 Å². The molecule has 4 heteroatoms. The van der Waals surface area contributed by atoms with Crippen LogP contribution in [0.5, 0.6) is 0 Å². The van der Waals surface area contributed by atoms with Crippen LogP contribution in [0.3, 0.4) is 0 Å². The second-order valence-corrected chi connectivity index (χ2v) is 5.39. The van der Waals surface area contributed by atoms with E-state index in [-0.39, 0.29) is 0 Å². The van der Waals surface area contributed by atoms with Gasteiger partial charge in [0.2, 0.25) is 0 Å². The molecule has 24 heavy (non-hydrogen) atoms. The zero-order chi connectivity index (χ0) is 16.2. The van der Waals surface area contributed by atoms with Gasteiger partial charge >= 0.3 is 0 Å². The fourth-order valence-electron chi connectivity index (χ4n) is 2.56.